The van der Waals surface area contributed by atoms with Gasteiger partial charge in [0.25, 0.3) is 0 Å². The average Bonchev–Trinajstić information content (AvgIpc) is 2.77. The molecule has 0 unspecified atom stereocenters. The first-order valence-electron chi connectivity index (χ1n) is 6.18. The van der Waals surface area contributed by atoms with Crippen LogP contribution in [0.2, 0.25) is 0 Å². The summed E-state index contributed by atoms with van der Waals surface area (Å²) in [4.78, 5) is 25.5. The minimum Gasteiger partial charge on any atom is -0.481 e. The van der Waals surface area contributed by atoms with Gasteiger partial charge in [-0.05, 0) is 18.8 Å². The van der Waals surface area contributed by atoms with E-state index in [0.717, 1.165) is 6.54 Å². The molecule has 1 aliphatic rings. The minimum absolute atomic E-state index is 0.000488. The van der Waals surface area contributed by atoms with Gasteiger partial charge in [-0.1, -0.05) is 12.8 Å². The maximum atomic E-state index is 11.9. The Kier molecular flexibility index (Phi) is 5.25. The molecule has 0 aromatic rings. The molecule has 0 aromatic carbocycles. The molecule has 2 amide bonds. The summed E-state index contributed by atoms with van der Waals surface area (Å²) in [6, 6.07) is -0.0850. The van der Waals surface area contributed by atoms with Crippen LogP contribution in [0, 0.1) is 5.92 Å². The zero-order chi connectivity index (χ0) is 12.8. The molecular formula is C12H22N2O3. The SMILES string of the molecule is CN(CCC(=O)O)C(=O)N(C)CC1CCCC1. The zero-order valence-corrected chi connectivity index (χ0v) is 10.7. The van der Waals surface area contributed by atoms with Crippen molar-refractivity contribution in [3.63, 3.8) is 0 Å². The Balaban J connectivity index is 2.31. The van der Waals surface area contributed by atoms with Gasteiger partial charge < -0.3 is 14.9 Å². The number of carbonyl (C=O) groups excluding carboxylic acids is 1. The van der Waals surface area contributed by atoms with E-state index in [9.17, 15) is 9.59 Å². The van der Waals surface area contributed by atoms with Crippen molar-refractivity contribution in [1.29, 1.82) is 0 Å². The Morgan fingerprint density at radius 2 is 1.76 bits per heavy atom. The van der Waals surface area contributed by atoms with Crippen molar-refractivity contribution >= 4 is 12.0 Å². The van der Waals surface area contributed by atoms with Crippen LogP contribution in [-0.4, -0.2) is 54.1 Å². The fourth-order valence-corrected chi connectivity index (χ4v) is 2.31. The second kappa shape index (κ2) is 6.47. The summed E-state index contributed by atoms with van der Waals surface area (Å²) in [6.07, 6.45) is 4.94. The second-order valence-electron chi connectivity index (χ2n) is 4.88. The fourth-order valence-electron chi connectivity index (χ4n) is 2.31. The number of urea groups is 1. The standard InChI is InChI=1S/C12H22N2O3/c1-13(8-7-11(15)16)12(17)14(2)9-10-5-3-4-6-10/h10H,3-9H2,1-2H3,(H,15,16). The lowest BCUT2D eigenvalue weighted by molar-refractivity contribution is -0.137. The maximum Gasteiger partial charge on any atom is 0.319 e. The van der Waals surface area contributed by atoms with E-state index in [1.165, 1.54) is 30.6 Å². The molecule has 0 aliphatic heterocycles. The Labute approximate surface area is 102 Å². The van der Waals surface area contributed by atoms with Crippen molar-refractivity contribution in [2.24, 2.45) is 5.92 Å². The molecule has 1 N–H and O–H groups in total. The van der Waals surface area contributed by atoms with Crippen molar-refractivity contribution in [2.45, 2.75) is 32.1 Å². The Morgan fingerprint density at radius 3 is 2.29 bits per heavy atom. The van der Waals surface area contributed by atoms with Crippen molar-refractivity contribution in [1.82, 2.24) is 9.80 Å². The van der Waals surface area contributed by atoms with Gasteiger partial charge >= 0.3 is 12.0 Å². The summed E-state index contributed by atoms with van der Waals surface area (Å²) in [5, 5.41) is 8.56. The largest absolute Gasteiger partial charge is 0.481 e. The summed E-state index contributed by atoms with van der Waals surface area (Å²) in [6.45, 7) is 1.05. The normalized spacial score (nSPS) is 15.9. The van der Waals surface area contributed by atoms with Gasteiger partial charge in [0.15, 0.2) is 0 Å². The molecule has 98 valence electrons. The maximum absolute atomic E-state index is 11.9. The summed E-state index contributed by atoms with van der Waals surface area (Å²) < 4.78 is 0. The fraction of sp³-hybridized carbons (Fsp3) is 0.833. The lowest BCUT2D eigenvalue weighted by atomic mass is 10.1. The number of aliphatic carboxylic acids is 1. The van der Waals surface area contributed by atoms with E-state index in [2.05, 4.69) is 0 Å². The van der Waals surface area contributed by atoms with Gasteiger partial charge in [-0.3, -0.25) is 4.79 Å². The predicted octanol–water partition coefficient (Wildman–Crippen LogP) is 1.63. The monoisotopic (exact) mass is 242 g/mol. The molecule has 0 bridgehead atoms. The molecule has 1 saturated carbocycles. The molecule has 0 atom stereocenters. The van der Waals surface area contributed by atoms with Crippen molar-refractivity contribution in [3.8, 4) is 0 Å². The van der Waals surface area contributed by atoms with Gasteiger partial charge in [0, 0.05) is 27.2 Å². The highest BCUT2D eigenvalue weighted by atomic mass is 16.4. The van der Waals surface area contributed by atoms with E-state index in [4.69, 9.17) is 5.11 Å². The summed E-state index contributed by atoms with van der Waals surface area (Å²) in [5.74, 6) is -0.250. The number of rotatable bonds is 5. The molecule has 1 aliphatic carbocycles. The van der Waals surface area contributed by atoms with Gasteiger partial charge in [-0.2, -0.15) is 0 Å². The van der Waals surface area contributed by atoms with Crippen LogP contribution in [0.25, 0.3) is 0 Å². The van der Waals surface area contributed by atoms with Gasteiger partial charge in [-0.15, -0.1) is 0 Å². The van der Waals surface area contributed by atoms with Crippen LogP contribution in [0.3, 0.4) is 0 Å². The molecule has 0 heterocycles. The topological polar surface area (TPSA) is 60.9 Å². The summed E-state index contributed by atoms with van der Waals surface area (Å²) in [5.41, 5.74) is 0. The van der Waals surface area contributed by atoms with Crippen LogP contribution in [-0.2, 0) is 4.79 Å². The zero-order valence-electron chi connectivity index (χ0n) is 10.7. The number of nitrogens with zero attached hydrogens (tertiary/aromatic N) is 2. The molecule has 17 heavy (non-hydrogen) atoms. The van der Waals surface area contributed by atoms with Crippen molar-refractivity contribution in [3.05, 3.63) is 0 Å². The smallest absolute Gasteiger partial charge is 0.319 e. The van der Waals surface area contributed by atoms with E-state index < -0.39 is 5.97 Å². The first-order chi connectivity index (χ1) is 8.00. The molecule has 0 radical (unpaired) electrons. The van der Waals surface area contributed by atoms with Crippen LogP contribution >= 0.6 is 0 Å². The minimum atomic E-state index is -0.872. The number of carboxylic acids is 1. The van der Waals surface area contributed by atoms with Crippen LogP contribution in [0.5, 0.6) is 0 Å². The molecule has 0 saturated heterocycles. The predicted molar refractivity (Wildman–Crippen MR) is 64.9 cm³/mol. The Morgan fingerprint density at radius 1 is 1.18 bits per heavy atom. The van der Waals surface area contributed by atoms with Gasteiger partial charge in [0.1, 0.15) is 0 Å². The average molecular weight is 242 g/mol. The third-order valence-corrected chi connectivity index (χ3v) is 3.32. The number of carboxylic acid groups (broad SMARTS) is 1. The van der Waals surface area contributed by atoms with E-state index in [0.29, 0.717) is 5.92 Å². The number of hydrogen-bond acceptors (Lipinski definition) is 2. The van der Waals surface area contributed by atoms with Crippen LogP contribution in [0.4, 0.5) is 4.79 Å². The summed E-state index contributed by atoms with van der Waals surface area (Å²) >= 11 is 0. The second-order valence-corrected chi connectivity index (χ2v) is 4.88. The third-order valence-electron chi connectivity index (χ3n) is 3.32. The van der Waals surface area contributed by atoms with E-state index in [-0.39, 0.29) is 19.0 Å². The Bertz CT molecular complexity index is 275. The quantitative estimate of drug-likeness (QED) is 0.797. The van der Waals surface area contributed by atoms with E-state index in [1.54, 1.807) is 19.0 Å². The first kappa shape index (κ1) is 13.8. The molecule has 5 heteroatoms. The summed E-state index contributed by atoms with van der Waals surface area (Å²) in [7, 11) is 3.44. The number of carbonyl (C=O) groups is 2. The molecule has 0 aromatic heterocycles. The van der Waals surface area contributed by atoms with E-state index >= 15 is 0 Å². The lowest BCUT2D eigenvalue weighted by Crippen LogP contribution is -2.41. The van der Waals surface area contributed by atoms with Gasteiger partial charge in [0.05, 0.1) is 6.42 Å². The molecule has 5 nitrogen and oxygen atoms in total. The number of hydrogen-bond donors (Lipinski definition) is 1. The van der Waals surface area contributed by atoms with Crippen LogP contribution in [0.15, 0.2) is 0 Å². The van der Waals surface area contributed by atoms with Crippen molar-refractivity contribution in [2.75, 3.05) is 27.2 Å². The lowest BCUT2D eigenvalue weighted by Gasteiger charge is -2.26. The third kappa shape index (κ3) is 4.63. The van der Waals surface area contributed by atoms with Gasteiger partial charge in [0.2, 0.25) is 0 Å². The molecule has 1 rings (SSSR count). The highest BCUT2D eigenvalue weighted by molar-refractivity contribution is 5.75. The Hall–Kier alpha value is -1.26. The highest BCUT2D eigenvalue weighted by Crippen LogP contribution is 2.25. The number of amides is 2. The molecule has 0 spiro atoms. The first-order valence-corrected chi connectivity index (χ1v) is 6.18. The molecule has 1 fully saturated rings. The van der Waals surface area contributed by atoms with Gasteiger partial charge in [-0.25, -0.2) is 4.79 Å². The highest BCUT2D eigenvalue weighted by Gasteiger charge is 2.21. The van der Waals surface area contributed by atoms with Crippen LogP contribution < -0.4 is 0 Å². The molecular weight excluding hydrogens is 220 g/mol. The van der Waals surface area contributed by atoms with Crippen LogP contribution in [0.1, 0.15) is 32.1 Å². The van der Waals surface area contributed by atoms with Crippen molar-refractivity contribution < 1.29 is 14.7 Å². The van der Waals surface area contributed by atoms with E-state index in [1.807, 2.05) is 0 Å².